The summed E-state index contributed by atoms with van der Waals surface area (Å²) in [7, 11) is -3.57. The number of aliphatic hydroxyl groups is 1. The lowest BCUT2D eigenvalue weighted by molar-refractivity contribution is -0.172. The zero-order valence-corrected chi connectivity index (χ0v) is 46.8. The van der Waals surface area contributed by atoms with Crippen LogP contribution in [0.1, 0.15) is 115 Å². The molecule has 4 amide bonds. The van der Waals surface area contributed by atoms with Gasteiger partial charge in [-0.25, -0.2) is 32.6 Å². The Morgan fingerprint density at radius 3 is 2.35 bits per heavy atom. The first-order chi connectivity index (χ1) is 37.1. The van der Waals surface area contributed by atoms with Crippen LogP contribution < -0.4 is 38.4 Å². The number of amides is 4. The average Bonchev–Trinajstić information content (AvgIpc) is 4.05. The quantitative estimate of drug-likeness (QED) is 0.0104. The summed E-state index contributed by atoms with van der Waals surface area (Å²) in [6.45, 7) is 13.1. The standard InChI is InChI=1S/C53H71FN12O12S/c1-10-53(73)37-18-41-45-35(26-66(41)48(71)36(37)27-76-49(53)72)34(33-17-30(4)38(54)19-40(33)62-45)24-58-42(67)25-59-46(69)39(13-11-12-15-55)63-47(70)44(29(2)3)64-43(68)28-78-51(5,6)14-16-77-52(7,8)20-31(65-56)21-57-32-22-60-50(61-23-32)79(9,74)75/h17-19,21-23,29,39,44,73H,10-16,20,24-28,55-56H2,1-9H3,(H,58,67)(H,59,69)(H,63,70)(H,64,68)/t39?,44-,53-/m0/s1. The largest absolute Gasteiger partial charge is 0.458 e. The molecule has 79 heavy (non-hydrogen) atoms. The summed E-state index contributed by atoms with van der Waals surface area (Å²) in [4.78, 5) is 97.7. The summed E-state index contributed by atoms with van der Waals surface area (Å²) >= 11 is 0. The SMILES string of the molecule is CC[C@@]1(O)C(=O)OCc2c1cc1n(c2=O)Cc2c-1nc1cc(F)c(C)cc1c2CNC(=O)CNC(=O)C(CCCCN)NC(=O)[C@@H](NC(=O)COC(C)(C)CCOC(C)(C)CC(C=Nc1cnc(S(C)(=O)=O)nc1)=NN)C(C)C. The second-order valence-electron chi connectivity index (χ2n) is 21.2. The molecule has 0 saturated heterocycles. The minimum Gasteiger partial charge on any atom is -0.458 e. The third kappa shape index (κ3) is 15.0. The normalized spacial score (nSPS) is 16.3. The highest BCUT2D eigenvalue weighted by atomic mass is 32.2. The van der Waals surface area contributed by atoms with Crippen molar-refractivity contribution in [2.75, 3.05) is 32.6 Å². The first-order valence-corrected chi connectivity index (χ1v) is 27.7. The predicted octanol–water partition coefficient (Wildman–Crippen LogP) is 2.30. The van der Waals surface area contributed by atoms with Crippen molar-refractivity contribution in [1.29, 1.82) is 0 Å². The highest BCUT2D eigenvalue weighted by Gasteiger charge is 2.45. The molecule has 0 radical (unpaired) electrons. The number of hydrogen-bond acceptors (Lipinski definition) is 19. The first-order valence-electron chi connectivity index (χ1n) is 25.9. The van der Waals surface area contributed by atoms with Crippen molar-refractivity contribution in [3.8, 4) is 11.4 Å². The number of fused-ring (bicyclic) bond motifs is 5. The van der Waals surface area contributed by atoms with Gasteiger partial charge >= 0.3 is 5.97 Å². The van der Waals surface area contributed by atoms with Crippen molar-refractivity contribution in [3.63, 3.8) is 0 Å². The van der Waals surface area contributed by atoms with E-state index in [1.54, 1.807) is 47.6 Å². The summed E-state index contributed by atoms with van der Waals surface area (Å²) in [5, 5.41) is 26.2. The van der Waals surface area contributed by atoms with Crippen molar-refractivity contribution in [3.05, 3.63) is 74.6 Å². The molecule has 0 fully saturated rings. The van der Waals surface area contributed by atoms with E-state index in [1.165, 1.54) is 35.3 Å². The van der Waals surface area contributed by atoms with Crippen LogP contribution >= 0.6 is 0 Å². The van der Waals surface area contributed by atoms with Gasteiger partial charge in [-0.1, -0.05) is 20.8 Å². The van der Waals surface area contributed by atoms with Gasteiger partial charge in [0.05, 0.1) is 83.4 Å². The van der Waals surface area contributed by atoms with Gasteiger partial charge in [-0.05, 0) is 102 Å². The molecule has 4 aromatic rings. The molecule has 2 aliphatic rings. The number of aryl methyl sites for hydroxylation is 1. The molecule has 0 aliphatic carbocycles. The zero-order valence-electron chi connectivity index (χ0n) is 46.0. The average molecular weight is 1120 g/mol. The molecule has 3 aromatic heterocycles. The Bertz CT molecular complexity index is 3220. The number of carbonyl (C=O) groups excluding carboxylic acids is 5. The van der Waals surface area contributed by atoms with Crippen molar-refractivity contribution in [2.45, 2.75) is 148 Å². The molecule has 6 rings (SSSR count). The van der Waals surface area contributed by atoms with Crippen LogP contribution in [0.15, 0.2) is 50.6 Å². The van der Waals surface area contributed by atoms with Crippen molar-refractivity contribution >= 4 is 68.0 Å². The van der Waals surface area contributed by atoms with Crippen molar-refractivity contribution in [1.82, 2.24) is 40.8 Å². The van der Waals surface area contributed by atoms with E-state index < -0.39 is 98.8 Å². The molecule has 24 nitrogen and oxygen atoms in total. The van der Waals surface area contributed by atoms with E-state index in [1.807, 2.05) is 13.8 Å². The van der Waals surface area contributed by atoms with Gasteiger partial charge in [0.25, 0.3) is 5.56 Å². The van der Waals surface area contributed by atoms with E-state index >= 15 is 4.39 Å². The predicted molar refractivity (Wildman–Crippen MR) is 290 cm³/mol. The number of aliphatic imine (C=N–C) groups is 1. The maximum Gasteiger partial charge on any atom is 0.343 e. The van der Waals surface area contributed by atoms with Crippen LogP contribution in [-0.2, 0) is 73.3 Å². The maximum atomic E-state index is 15.0. The molecule has 0 saturated carbocycles. The molecular formula is C53H71FN12O12S. The van der Waals surface area contributed by atoms with Crippen LogP contribution in [0.4, 0.5) is 10.1 Å². The van der Waals surface area contributed by atoms with Crippen LogP contribution in [0.3, 0.4) is 0 Å². The number of carbonyl (C=O) groups is 5. The number of nitrogens with two attached hydrogens (primary N) is 2. The second-order valence-corrected chi connectivity index (χ2v) is 23.1. The van der Waals surface area contributed by atoms with E-state index in [4.69, 9.17) is 30.8 Å². The van der Waals surface area contributed by atoms with Crippen LogP contribution in [0, 0.1) is 18.7 Å². The van der Waals surface area contributed by atoms with E-state index in [9.17, 15) is 42.3 Å². The van der Waals surface area contributed by atoms with E-state index in [0.717, 1.165) is 6.26 Å². The van der Waals surface area contributed by atoms with Crippen molar-refractivity contribution in [2.24, 2.45) is 27.6 Å². The fourth-order valence-corrected chi connectivity index (χ4v) is 9.53. The Labute approximate surface area is 457 Å². The van der Waals surface area contributed by atoms with Gasteiger partial charge in [0.1, 0.15) is 31.1 Å². The monoisotopic (exact) mass is 1120 g/mol. The fourth-order valence-electron chi connectivity index (χ4n) is 9.04. The number of nitrogens with zero attached hydrogens (tertiary/aromatic N) is 6. The number of hydrogen-bond donors (Lipinski definition) is 7. The molecule has 5 heterocycles. The number of unbranched alkanes of at least 4 members (excludes halogenated alkanes) is 1. The van der Waals surface area contributed by atoms with Gasteiger partial charge in [-0.2, -0.15) is 5.10 Å². The zero-order chi connectivity index (χ0) is 58.2. The fraction of sp³-hybridized carbons (Fsp3) is 0.528. The molecule has 428 valence electrons. The number of aromatic nitrogens is 4. The first kappa shape index (κ1) is 61.1. The second kappa shape index (κ2) is 25.3. The Balaban J connectivity index is 1.03. The van der Waals surface area contributed by atoms with Gasteiger partial charge < -0.3 is 56.7 Å². The van der Waals surface area contributed by atoms with Crippen molar-refractivity contribution < 1.29 is 56.1 Å². The van der Waals surface area contributed by atoms with Crippen LogP contribution in [-0.4, -0.2) is 130 Å². The minimum atomic E-state index is -3.57. The number of benzene rings is 1. The number of hydrazone groups is 1. The summed E-state index contributed by atoms with van der Waals surface area (Å²) < 4.78 is 57.1. The summed E-state index contributed by atoms with van der Waals surface area (Å²) in [6.07, 6.45) is 6.64. The molecule has 3 atom stereocenters. The summed E-state index contributed by atoms with van der Waals surface area (Å²) in [6, 6.07) is 2.20. The molecular weight excluding hydrogens is 1050 g/mol. The lowest BCUT2D eigenvalue weighted by Gasteiger charge is -2.31. The van der Waals surface area contributed by atoms with E-state index in [2.05, 4.69) is 41.3 Å². The number of pyridine rings is 2. The topological polar surface area (TPSA) is 353 Å². The Hall–Kier alpha value is -7.13. The van der Waals surface area contributed by atoms with Gasteiger partial charge in [0, 0.05) is 41.8 Å². The third-order valence-electron chi connectivity index (χ3n) is 13.7. The number of sulfone groups is 1. The number of ether oxygens (including phenoxy) is 3. The molecule has 9 N–H and O–H groups in total. The highest BCUT2D eigenvalue weighted by Crippen LogP contribution is 2.40. The van der Waals surface area contributed by atoms with E-state index in [0.29, 0.717) is 65.0 Å². The smallest absolute Gasteiger partial charge is 0.343 e. The van der Waals surface area contributed by atoms with Crippen LogP contribution in [0.2, 0.25) is 0 Å². The van der Waals surface area contributed by atoms with Gasteiger partial charge in [0.2, 0.25) is 38.6 Å². The van der Waals surface area contributed by atoms with Gasteiger partial charge in [-0.15, -0.1) is 0 Å². The third-order valence-corrected chi connectivity index (χ3v) is 14.6. The Morgan fingerprint density at radius 2 is 1.71 bits per heavy atom. The lowest BCUT2D eigenvalue weighted by atomic mass is 9.86. The summed E-state index contributed by atoms with van der Waals surface area (Å²) in [5.41, 5.74) is 4.70. The maximum absolute atomic E-state index is 15.0. The summed E-state index contributed by atoms with van der Waals surface area (Å²) in [5.74, 6) is 1.30. The number of halogens is 1. The molecule has 0 spiro atoms. The number of nitrogens with one attached hydrogen (secondary N) is 4. The molecule has 1 aromatic carbocycles. The Kier molecular flexibility index (Phi) is 19.6. The van der Waals surface area contributed by atoms with Gasteiger partial charge in [-0.3, -0.25) is 29.0 Å². The molecule has 26 heteroatoms. The van der Waals surface area contributed by atoms with Gasteiger partial charge in [0.15, 0.2) is 5.60 Å². The van der Waals surface area contributed by atoms with E-state index in [-0.39, 0.29) is 73.1 Å². The molecule has 1 unspecified atom stereocenters. The van der Waals surface area contributed by atoms with Crippen LogP contribution in [0.25, 0.3) is 22.3 Å². The molecule has 2 aliphatic heterocycles. The minimum absolute atomic E-state index is 0.0140. The molecule has 0 bridgehead atoms. The number of rotatable bonds is 26. The highest BCUT2D eigenvalue weighted by molar-refractivity contribution is 7.90. The number of esters is 1. The lowest BCUT2D eigenvalue weighted by Crippen LogP contribution is -2.56. The van der Waals surface area contributed by atoms with Crippen LogP contribution in [0.5, 0.6) is 0 Å². The number of cyclic esters (lactones) is 1. The Morgan fingerprint density at radius 1 is 1.00 bits per heavy atom.